The van der Waals surface area contributed by atoms with Crippen LogP contribution in [0, 0.1) is 0 Å². The second-order valence-electron chi connectivity index (χ2n) is 12.6. The lowest BCUT2D eigenvalue weighted by atomic mass is 9.98. The summed E-state index contributed by atoms with van der Waals surface area (Å²) in [6, 6.07) is 31.5. The number of hydrogen-bond acceptors (Lipinski definition) is 8. The number of nitrogens with zero attached hydrogens (tertiary/aromatic N) is 2. The van der Waals surface area contributed by atoms with Crippen molar-refractivity contribution in [2.45, 2.75) is 49.6 Å². The Morgan fingerprint density at radius 1 is 0.704 bits per heavy atom. The molecule has 12 nitrogen and oxygen atoms in total. The Morgan fingerprint density at radius 3 is 1.93 bits per heavy atom. The van der Waals surface area contributed by atoms with Crippen LogP contribution < -0.4 is 26.8 Å². The van der Waals surface area contributed by atoms with Crippen molar-refractivity contribution in [3.63, 3.8) is 0 Å². The fourth-order valence-corrected chi connectivity index (χ4v) is 7.82. The molecule has 0 bridgehead atoms. The molecule has 14 heteroatoms. The molecule has 4 aromatic carbocycles. The maximum Gasteiger partial charge on any atom is 0.243 e. The van der Waals surface area contributed by atoms with E-state index in [1.54, 1.807) is 60.0 Å². The predicted molar refractivity (Wildman–Crippen MR) is 212 cm³/mol. The van der Waals surface area contributed by atoms with Gasteiger partial charge in [-0.1, -0.05) is 115 Å². The van der Waals surface area contributed by atoms with Gasteiger partial charge in [0.15, 0.2) is 11.0 Å². The normalized spacial score (nSPS) is 12.9. The summed E-state index contributed by atoms with van der Waals surface area (Å²) in [5, 5.41) is 7.57. The van der Waals surface area contributed by atoms with Crippen LogP contribution in [0.1, 0.15) is 39.3 Å². The van der Waals surface area contributed by atoms with Crippen molar-refractivity contribution in [2.75, 3.05) is 6.54 Å². The third kappa shape index (κ3) is 12.2. The number of aromatic nitrogens is 1. The predicted octanol–water partition coefficient (Wildman–Crippen LogP) is 3.99. The number of carbonyl (C=O) groups excluding carboxylic acids is 3. The van der Waals surface area contributed by atoms with Crippen LogP contribution in [0.4, 0.5) is 0 Å². The smallest absolute Gasteiger partial charge is 0.243 e. The van der Waals surface area contributed by atoms with Crippen molar-refractivity contribution >= 4 is 44.9 Å². The van der Waals surface area contributed by atoms with E-state index in [9.17, 15) is 22.8 Å². The summed E-state index contributed by atoms with van der Waals surface area (Å²) in [6.45, 7) is 0.233. The molecule has 5 rings (SSSR count). The Labute approximate surface area is 319 Å². The van der Waals surface area contributed by atoms with Gasteiger partial charge >= 0.3 is 0 Å². The SMILES string of the molecule is NC(N)=NCCC[C@H](NC(=O)[C@H](Cc1cccc(-c2ccccc2)c1)NC(=O)[C@@H](Cc1ccccc1)NS(=O)(=O)Cc1ccccc1)C(=O)c1nccs1. The van der Waals surface area contributed by atoms with E-state index in [0.29, 0.717) is 17.5 Å². The van der Waals surface area contributed by atoms with Gasteiger partial charge in [0.2, 0.25) is 27.6 Å². The van der Waals surface area contributed by atoms with Crippen molar-refractivity contribution < 1.29 is 22.8 Å². The number of aliphatic imine (C=N–C) groups is 1. The van der Waals surface area contributed by atoms with Crippen LogP contribution in [-0.4, -0.2) is 61.6 Å². The zero-order chi connectivity index (χ0) is 38.3. The summed E-state index contributed by atoms with van der Waals surface area (Å²) >= 11 is 1.15. The average molecular weight is 766 g/mol. The number of ketones is 1. The van der Waals surface area contributed by atoms with E-state index in [2.05, 4.69) is 25.3 Å². The molecule has 1 heterocycles. The highest BCUT2D eigenvalue weighted by molar-refractivity contribution is 7.88. The first kappa shape index (κ1) is 39.5. The maximum atomic E-state index is 14.3. The summed E-state index contributed by atoms with van der Waals surface area (Å²) in [7, 11) is -4.01. The van der Waals surface area contributed by atoms with Crippen LogP contribution in [0.3, 0.4) is 0 Å². The molecule has 0 aliphatic rings. The highest BCUT2D eigenvalue weighted by atomic mass is 32.2. The van der Waals surface area contributed by atoms with Crippen molar-refractivity contribution in [1.29, 1.82) is 0 Å². The number of rotatable bonds is 19. The lowest BCUT2D eigenvalue weighted by molar-refractivity contribution is -0.130. The van der Waals surface area contributed by atoms with E-state index in [1.165, 1.54) is 6.20 Å². The van der Waals surface area contributed by atoms with Crippen molar-refractivity contribution in [2.24, 2.45) is 16.5 Å². The number of nitrogens with one attached hydrogen (secondary N) is 3. The second-order valence-corrected chi connectivity index (χ2v) is 15.3. The number of benzene rings is 4. The first-order valence-corrected chi connectivity index (χ1v) is 19.9. The van der Waals surface area contributed by atoms with Gasteiger partial charge in [0.25, 0.3) is 0 Å². The molecule has 54 heavy (non-hydrogen) atoms. The first-order valence-electron chi connectivity index (χ1n) is 17.4. The zero-order valence-corrected chi connectivity index (χ0v) is 31.1. The van der Waals surface area contributed by atoms with Crippen molar-refractivity contribution in [1.82, 2.24) is 20.3 Å². The molecular weight excluding hydrogens is 723 g/mol. The standard InChI is InChI=1S/C40H43N7O5S2/c41-40(42)44-21-11-20-33(36(48)39-43-22-23-53-39)45-37(49)34(26-30-16-10-19-32(24-30)31-17-8-3-9-18-31)46-38(50)35(25-28-12-4-1-5-13-28)47-54(51,52)27-29-14-6-2-7-15-29/h1-10,12-19,22-24,33-35,47H,11,20-21,25-27H2,(H,45,49)(H,46,50)(H4,41,42,44)/t33-,34-,35+/m0/s1. The number of thiazole rings is 1. The fraction of sp³-hybridized carbons (Fsp3) is 0.225. The molecule has 2 amide bonds. The van der Waals surface area contributed by atoms with Crippen LogP contribution >= 0.6 is 11.3 Å². The number of hydrogen-bond donors (Lipinski definition) is 5. The Bertz CT molecular complexity index is 2110. The Kier molecular flexibility index (Phi) is 14.2. The van der Waals surface area contributed by atoms with Crippen LogP contribution in [0.25, 0.3) is 11.1 Å². The molecule has 0 aliphatic heterocycles. The molecule has 0 radical (unpaired) electrons. The Hall–Kier alpha value is -5.70. The lowest BCUT2D eigenvalue weighted by Gasteiger charge is -2.25. The van der Waals surface area contributed by atoms with E-state index in [0.717, 1.165) is 28.0 Å². The maximum absolute atomic E-state index is 14.3. The van der Waals surface area contributed by atoms with E-state index >= 15 is 0 Å². The topological polar surface area (TPSA) is 199 Å². The average Bonchev–Trinajstić information content (AvgIpc) is 3.71. The molecule has 0 fully saturated rings. The van der Waals surface area contributed by atoms with Gasteiger partial charge in [-0.15, -0.1) is 11.3 Å². The third-order valence-corrected chi connectivity index (χ3v) is 10.6. The van der Waals surface area contributed by atoms with Crippen molar-refractivity contribution in [3.05, 3.63) is 149 Å². The number of guanidine groups is 1. The molecule has 1 aromatic heterocycles. The Balaban J connectivity index is 1.44. The molecular formula is C40H43N7O5S2. The molecule has 0 unspecified atom stereocenters. The molecule has 0 spiro atoms. The van der Waals surface area contributed by atoms with Gasteiger partial charge in [-0.25, -0.2) is 18.1 Å². The van der Waals surface area contributed by atoms with Crippen LogP contribution in [0.5, 0.6) is 0 Å². The molecule has 7 N–H and O–H groups in total. The van der Waals surface area contributed by atoms with Gasteiger partial charge in [0, 0.05) is 24.5 Å². The van der Waals surface area contributed by atoms with E-state index in [1.807, 2.05) is 60.7 Å². The van der Waals surface area contributed by atoms with Gasteiger partial charge in [0.1, 0.15) is 12.1 Å². The summed E-state index contributed by atoms with van der Waals surface area (Å²) in [4.78, 5) is 50.2. The van der Waals surface area contributed by atoms with E-state index < -0.39 is 45.7 Å². The summed E-state index contributed by atoms with van der Waals surface area (Å²) in [6.07, 6.45) is 2.14. The van der Waals surface area contributed by atoms with Gasteiger partial charge in [-0.05, 0) is 47.1 Å². The molecule has 0 saturated heterocycles. The van der Waals surface area contributed by atoms with Crippen LogP contribution in [-0.2, 0) is 38.2 Å². The van der Waals surface area contributed by atoms with Gasteiger partial charge < -0.3 is 22.1 Å². The van der Waals surface area contributed by atoms with E-state index in [4.69, 9.17) is 11.5 Å². The number of Topliss-reactive ketones (excluding diaryl/α,β-unsaturated/α-hetero) is 1. The monoisotopic (exact) mass is 765 g/mol. The first-order chi connectivity index (χ1) is 26.1. The lowest BCUT2D eigenvalue weighted by Crippen LogP contribution is -2.57. The Morgan fingerprint density at radius 2 is 1.28 bits per heavy atom. The van der Waals surface area contributed by atoms with Gasteiger partial charge in [-0.3, -0.25) is 19.4 Å². The summed E-state index contributed by atoms with van der Waals surface area (Å²) < 4.78 is 29.5. The van der Waals surface area contributed by atoms with Crippen LogP contribution in [0.2, 0.25) is 0 Å². The third-order valence-electron chi connectivity index (χ3n) is 8.45. The molecule has 5 aromatic rings. The van der Waals surface area contributed by atoms with Gasteiger partial charge in [-0.2, -0.15) is 0 Å². The number of nitrogens with two attached hydrogens (primary N) is 2. The fourth-order valence-electron chi connectivity index (χ4n) is 5.85. The molecule has 3 atom stereocenters. The highest BCUT2D eigenvalue weighted by Crippen LogP contribution is 2.21. The summed E-state index contributed by atoms with van der Waals surface area (Å²) in [5.41, 5.74) is 14.8. The number of carbonyl (C=O) groups is 3. The molecule has 0 aliphatic carbocycles. The second kappa shape index (κ2) is 19.4. The minimum atomic E-state index is -4.01. The zero-order valence-electron chi connectivity index (χ0n) is 29.5. The molecule has 0 saturated carbocycles. The summed E-state index contributed by atoms with van der Waals surface area (Å²) in [5.74, 6) is -2.16. The molecule has 280 valence electrons. The number of amides is 2. The van der Waals surface area contributed by atoms with E-state index in [-0.39, 0.29) is 42.5 Å². The van der Waals surface area contributed by atoms with Crippen molar-refractivity contribution in [3.8, 4) is 11.1 Å². The van der Waals surface area contributed by atoms with Gasteiger partial charge in [0.05, 0.1) is 11.8 Å². The highest BCUT2D eigenvalue weighted by Gasteiger charge is 2.32. The largest absolute Gasteiger partial charge is 0.370 e. The number of sulfonamides is 1. The van der Waals surface area contributed by atoms with Crippen LogP contribution in [0.15, 0.2) is 132 Å². The minimum Gasteiger partial charge on any atom is -0.370 e. The quantitative estimate of drug-likeness (QED) is 0.0360. The minimum absolute atomic E-state index is 0.0223.